The Kier molecular flexibility index (Phi) is 4.55. The van der Waals surface area contributed by atoms with Crippen molar-refractivity contribution >= 4 is 21.8 Å². The molecule has 104 valence electrons. The summed E-state index contributed by atoms with van der Waals surface area (Å²) < 4.78 is 1.01. The fraction of sp³-hybridized carbons (Fsp3) is 0.250. The van der Waals surface area contributed by atoms with Gasteiger partial charge in [0.05, 0.1) is 12.2 Å². The summed E-state index contributed by atoms with van der Waals surface area (Å²) in [6.45, 7) is 4.43. The number of carbonyl (C=O) groups is 1. The number of benzene rings is 1. The zero-order valence-electron chi connectivity index (χ0n) is 11.9. The van der Waals surface area contributed by atoms with Crippen molar-refractivity contribution in [2.75, 3.05) is 7.05 Å². The van der Waals surface area contributed by atoms with E-state index in [2.05, 4.69) is 20.9 Å². The highest BCUT2D eigenvalue weighted by atomic mass is 79.9. The molecule has 2 aromatic rings. The van der Waals surface area contributed by atoms with Crippen LogP contribution in [0.25, 0.3) is 0 Å². The first-order valence-electron chi connectivity index (χ1n) is 6.41. The van der Waals surface area contributed by atoms with E-state index in [1.807, 2.05) is 50.2 Å². The fourth-order valence-electron chi connectivity index (χ4n) is 2.00. The third kappa shape index (κ3) is 3.45. The van der Waals surface area contributed by atoms with E-state index in [1.54, 1.807) is 11.9 Å². The van der Waals surface area contributed by atoms with Crippen LogP contribution in [0.5, 0.6) is 0 Å². The molecule has 0 fully saturated rings. The number of amides is 1. The van der Waals surface area contributed by atoms with Crippen LogP contribution >= 0.6 is 15.9 Å². The van der Waals surface area contributed by atoms with Gasteiger partial charge in [-0.2, -0.15) is 0 Å². The largest absolute Gasteiger partial charge is 0.336 e. The molecule has 0 spiro atoms. The molecule has 0 atom stereocenters. The summed E-state index contributed by atoms with van der Waals surface area (Å²) in [4.78, 5) is 18.5. The molecule has 1 aromatic heterocycles. The number of nitrogens with zero attached hydrogens (tertiary/aromatic N) is 2. The third-order valence-corrected chi connectivity index (χ3v) is 3.99. The highest BCUT2D eigenvalue weighted by molar-refractivity contribution is 9.10. The van der Waals surface area contributed by atoms with Gasteiger partial charge in [0.25, 0.3) is 5.91 Å². The molecule has 0 aliphatic rings. The maximum atomic E-state index is 12.4. The molecule has 1 heterocycles. The molecular formula is C16H17BrN2O. The SMILES string of the molecule is Cc1cccc(CN(C)C(=O)c2ccc(Br)c(C)c2)n1. The molecule has 0 radical (unpaired) electrons. The first-order valence-corrected chi connectivity index (χ1v) is 7.21. The number of aromatic nitrogens is 1. The Morgan fingerprint density at radius 1 is 1.25 bits per heavy atom. The average Bonchev–Trinajstić information content (AvgIpc) is 2.41. The molecule has 0 bridgehead atoms. The molecule has 1 amide bonds. The third-order valence-electron chi connectivity index (χ3n) is 3.10. The molecule has 1 aromatic carbocycles. The van der Waals surface area contributed by atoms with Crippen molar-refractivity contribution in [3.63, 3.8) is 0 Å². The lowest BCUT2D eigenvalue weighted by Crippen LogP contribution is -2.26. The number of aryl methyl sites for hydroxylation is 2. The zero-order valence-corrected chi connectivity index (χ0v) is 13.4. The molecule has 0 unspecified atom stereocenters. The quantitative estimate of drug-likeness (QED) is 0.857. The molecule has 4 heteroatoms. The van der Waals surface area contributed by atoms with E-state index in [0.29, 0.717) is 12.1 Å². The van der Waals surface area contributed by atoms with Crippen LogP contribution in [-0.2, 0) is 6.54 Å². The Morgan fingerprint density at radius 3 is 2.65 bits per heavy atom. The van der Waals surface area contributed by atoms with E-state index in [1.165, 1.54) is 0 Å². The topological polar surface area (TPSA) is 33.2 Å². The van der Waals surface area contributed by atoms with Gasteiger partial charge in [-0.05, 0) is 49.7 Å². The van der Waals surface area contributed by atoms with E-state index < -0.39 is 0 Å². The second kappa shape index (κ2) is 6.18. The predicted octanol–water partition coefficient (Wildman–Crippen LogP) is 3.73. The molecule has 2 rings (SSSR count). The number of hydrogen-bond donors (Lipinski definition) is 0. The normalized spacial score (nSPS) is 10.4. The zero-order chi connectivity index (χ0) is 14.7. The number of halogens is 1. The van der Waals surface area contributed by atoms with Crippen LogP contribution in [0.3, 0.4) is 0 Å². The molecular weight excluding hydrogens is 316 g/mol. The molecule has 0 N–H and O–H groups in total. The van der Waals surface area contributed by atoms with E-state index in [0.717, 1.165) is 21.4 Å². The molecule has 0 aliphatic heterocycles. The summed E-state index contributed by atoms with van der Waals surface area (Å²) in [5, 5.41) is 0. The molecule has 0 saturated heterocycles. The van der Waals surface area contributed by atoms with Gasteiger partial charge in [0, 0.05) is 22.8 Å². The van der Waals surface area contributed by atoms with Crippen LogP contribution < -0.4 is 0 Å². The number of rotatable bonds is 3. The van der Waals surface area contributed by atoms with Gasteiger partial charge in [-0.25, -0.2) is 0 Å². The number of hydrogen-bond acceptors (Lipinski definition) is 2. The Hall–Kier alpha value is -1.68. The maximum Gasteiger partial charge on any atom is 0.253 e. The Bertz CT molecular complexity index is 640. The summed E-state index contributed by atoms with van der Waals surface area (Å²) in [5.74, 6) is 0.00362. The highest BCUT2D eigenvalue weighted by Crippen LogP contribution is 2.18. The Balaban J connectivity index is 2.14. The van der Waals surface area contributed by atoms with Gasteiger partial charge in [-0.1, -0.05) is 22.0 Å². The Labute approximate surface area is 127 Å². The van der Waals surface area contributed by atoms with E-state index >= 15 is 0 Å². The standard InChI is InChI=1S/C16H17BrN2O/c1-11-9-13(7-8-15(11)17)16(20)19(3)10-14-6-4-5-12(2)18-14/h4-9H,10H2,1-3H3. The minimum atomic E-state index is 0.00362. The highest BCUT2D eigenvalue weighted by Gasteiger charge is 2.13. The van der Waals surface area contributed by atoms with Crippen LogP contribution in [-0.4, -0.2) is 22.8 Å². The molecule has 0 aliphatic carbocycles. The summed E-state index contributed by atoms with van der Waals surface area (Å²) in [6, 6.07) is 11.5. The smallest absolute Gasteiger partial charge is 0.253 e. The number of pyridine rings is 1. The monoisotopic (exact) mass is 332 g/mol. The van der Waals surface area contributed by atoms with Gasteiger partial charge in [-0.15, -0.1) is 0 Å². The number of carbonyl (C=O) groups excluding carboxylic acids is 1. The molecule has 20 heavy (non-hydrogen) atoms. The van der Waals surface area contributed by atoms with Crippen molar-refractivity contribution in [2.45, 2.75) is 20.4 Å². The van der Waals surface area contributed by atoms with Gasteiger partial charge in [0.2, 0.25) is 0 Å². The lowest BCUT2D eigenvalue weighted by Gasteiger charge is -2.17. The van der Waals surface area contributed by atoms with Gasteiger partial charge < -0.3 is 4.90 Å². The van der Waals surface area contributed by atoms with Crippen molar-refractivity contribution < 1.29 is 4.79 Å². The molecule has 0 saturated carbocycles. The van der Waals surface area contributed by atoms with Crippen molar-refractivity contribution in [3.8, 4) is 0 Å². The second-order valence-electron chi connectivity index (χ2n) is 4.90. The van der Waals surface area contributed by atoms with Crippen molar-refractivity contribution in [1.82, 2.24) is 9.88 Å². The predicted molar refractivity (Wildman–Crippen MR) is 83.7 cm³/mol. The van der Waals surface area contributed by atoms with E-state index in [4.69, 9.17) is 0 Å². The van der Waals surface area contributed by atoms with Gasteiger partial charge in [-0.3, -0.25) is 9.78 Å². The lowest BCUT2D eigenvalue weighted by atomic mass is 10.1. The molecule has 3 nitrogen and oxygen atoms in total. The van der Waals surface area contributed by atoms with Crippen LogP contribution in [0.1, 0.15) is 27.3 Å². The minimum Gasteiger partial charge on any atom is -0.336 e. The Morgan fingerprint density at radius 2 is 2.00 bits per heavy atom. The van der Waals surface area contributed by atoms with Crippen LogP contribution in [0, 0.1) is 13.8 Å². The summed E-state index contributed by atoms with van der Waals surface area (Å²) in [6.07, 6.45) is 0. The average molecular weight is 333 g/mol. The maximum absolute atomic E-state index is 12.4. The second-order valence-corrected chi connectivity index (χ2v) is 5.75. The first kappa shape index (κ1) is 14.7. The minimum absolute atomic E-state index is 0.00362. The van der Waals surface area contributed by atoms with Gasteiger partial charge in [0.1, 0.15) is 0 Å². The summed E-state index contributed by atoms with van der Waals surface area (Å²) in [5.41, 5.74) is 3.61. The van der Waals surface area contributed by atoms with Crippen LogP contribution in [0.15, 0.2) is 40.9 Å². The van der Waals surface area contributed by atoms with Crippen LogP contribution in [0.4, 0.5) is 0 Å². The van der Waals surface area contributed by atoms with Crippen molar-refractivity contribution in [3.05, 3.63) is 63.4 Å². The fourth-order valence-corrected chi connectivity index (χ4v) is 2.25. The lowest BCUT2D eigenvalue weighted by molar-refractivity contribution is 0.0783. The van der Waals surface area contributed by atoms with Gasteiger partial charge >= 0.3 is 0 Å². The van der Waals surface area contributed by atoms with Crippen molar-refractivity contribution in [2.24, 2.45) is 0 Å². The van der Waals surface area contributed by atoms with Crippen LogP contribution in [0.2, 0.25) is 0 Å². The van der Waals surface area contributed by atoms with E-state index in [-0.39, 0.29) is 5.91 Å². The first-order chi connectivity index (χ1) is 9.47. The van der Waals surface area contributed by atoms with Crippen molar-refractivity contribution in [1.29, 1.82) is 0 Å². The van der Waals surface area contributed by atoms with E-state index in [9.17, 15) is 4.79 Å². The summed E-state index contributed by atoms with van der Waals surface area (Å²) >= 11 is 3.44. The summed E-state index contributed by atoms with van der Waals surface area (Å²) in [7, 11) is 1.80. The van der Waals surface area contributed by atoms with Gasteiger partial charge in [0.15, 0.2) is 0 Å².